The van der Waals surface area contributed by atoms with Gasteiger partial charge in [-0.15, -0.1) is 0 Å². The van der Waals surface area contributed by atoms with Crippen molar-refractivity contribution in [3.8, 4) is 0 Å². The Bertz CT molecular complexity index is 90.5. The van der Waals surface area contributed by atoms with Gasteiger partial charge in [-0.05, 0) is 13.5 Å². The molecule has 0 bridgehead atoms. The molecule has 11 heavy (non-hydrogen) atoms. The maximum Gasteiger partial charge on any atom is 0.0293 e. The van der Waals surface area contributed by atoms with E-state index in [-0.39, 0.29) is 0 Å². The number of hydrazine groups is 1. The number of nitrogens with one attached hydrogen (secondary N) is 2. The van der Waals surface area contributed by atoms with Gasteiger partial charge in [-0.1, -0.05) is 32.2 Å². The predicted molar refractivity (Wildman–Crippen MR) is 56.9 cm³/mol. The molecule has 0 aromatic heterocycles. The molecular weight excluding hydrogens is 176 g/mol. The van der Waals surface area contributed by atoms with Gasteiger partial charge in [0.25, 0.3) is 0 Å². The first kappa shape index (κ1) is 11.6. The largest absolute Gasteiger partial charge is 0.251 e. The zero-order valence-corrected chi connectivity index (χ0v) is 9.14. The summed E-state index contributed by atoms with van der Waals surface area (Å²) in [5, 5.41) is 1.04. The molecule has 2 nitrogen and oxygen atoms in total. The van der Waals surface area contributed by atoms with Crippen LogP contribution in [0.5, 0.6) is 0 Å². The van der Waals surface area contributed by atoms with Crippen LogP contribution in [0, 0.1) is 0 Å². The van der Waals surface area contributed by atoms with Crippen LogP contribution in [-0.2, 0) is 0 Å². The van der Waals surface area contributed by atoms with Gasteiger partial charge in [0.1, 0.15) is 0 Å². The molecule has 2 N–H and O–H groups in total. The van der Waals surface area contributed by atoms with Gasteiger partial charge in [-0.25, -0.2) is 4.83 Å². The van der Waals surface area contributed by atoms with E-state index in [4.69, 9.17) is 0 Å². The van der Waals surface area contributed by atoms with Crippen molar-refractivity contribution in [2.24, 2.45) is 0 Å². The van der Waals surface area contributed by atoms with Gasteiger partial charge >= 0.3 is 0 Å². The second-order valence-corrected chi connectivity index (χ2v) is 4.38. The van der Waals surface area contributed by atoms with E-state index < -0.39 is 0 Å². The molecule has 0 aromatic rings. The Balaban J connectivity index is 3.38. The second kappa shape index (κ2) is 7.28. The predicted octanol–water partition coefficient (Wildman–Crippen LogP) is 1.85. The third-order valence-corrected chi connectivity index (χ3v) is 3.40. The average Bonchev–Trinajstić information content (AvgIpc) is 2.00. The number of hydrogen-bond donors (Lipinski definition) is 3. The Labute approximate surface area is 79.4 Å². The van der Waals surface area contributed by atoms with Gasteiger partial charge in [0.15, 0.2) is 0 Å². The van der Waals surface area contributed by atoms with E-state index in [0.717, 1.165) is 0 Å². The minimum Gasteiger partial charge on any atom is -0.251 e. The van der Waals surface area contributed by atoms with E-state index in [2.05, 4.69) is 36.7 Å². The van der Waals surface area contributed by atoms with E-state index in [0.29, 0.717) is 10.5 Å². The van der Waals surface area contributed by atoms with Crippen LogP contribution < -0.4 is 10.3 Å². The summed E-state index contributed by atoms with van der Waals surface area (Å²) in [6, 6.07) is 0. The highest BCUT2D eigenvalue weighted by atomic mass is 32.2. The van der Waals surface area contributed by atoms with Gasteiger partial charge in [0, 0.05) is 10.5 Å². The van der Waals surface area contributed by atoms with Crippen LogP contribution >= 0.6 is 24.6 Å². The van der Waals surface area contributed by atoms with Crippen molar-refractivity contribution in [1.29, 1.82) is 0 Å². The Morgan fingerprint density at radius 1 is 1.55 bits per heavy atom. The number of thiol groups is 1. The highest BCUT2D eigenvalue weighted by Gasteiger charge is 2.11. The second-order valence-electron chi connectivity index (χ2n) is 2.53. The first-order valence-electron chi connectivity index (χ1n) is 3.97. The van der Waals surface area contributed by atoms with Gasteiger partial charge in [0.05, 0.1) is 0 Å². The zero-order valence-electron chi connectivity index (χ0n) is 7.42. The summed E-state index contributed by atoms with van der Waals surface area (Å²) < 4.78 is 0. The van der Waals surface area contributed by atoms with Crippen molar-refractivity contribution in [2.45, 2.75) is 37.2 Å². The molecular formula is C7H18N2S2. The van der Waals surface area contributed by atoms with Crippen LogP contribution in [0.2, 0.25) is 0 Å². The molecule has 0 saturated heterocycles. The first-order chi connectivity index (χ1) is 5.22. The Morgan fingerprint density at radius 2 is 2.18 bits per heavy atom. The highest BCUT2D eigenvalue weighted by Crippen LogP contribution is 2.18. The van der Waals surface area contributed by atoms with Crippen LogP contribution in [0.15, 0.2) is 0 Å². The van der Waals surface area contributed by atoms with Crippen molar-refractivity contribution in [2.75, 3.05) is 7.05 Å². The molecule has 0 amide bonds. The molecule has 0 radical (unpaired) electrons. The minimum absolute atomic E-state index is 0.492. The third-order valence-electron chi connectivity index (χ3n) is 1.47. The van der Waals surface area contributed by atoms with Crippen LogP contribution in [0.3, 0.4) is 0 Å². The number of rotatable bonds is 6. The summed E-state index contributed by atoms with van der Waals surface area (Å²) in [7, 11) is 1.87. The molecule has 0 heterocycles. The fraction of sp³-hybridized carbons (Fsp3) is 1.00. The van der Waals surface area contributed by atoms with E-state index in [1.165, 1.54) is 12.8 Å². The van der Waals surface area contributed by atoms with E-state index in [1.807, 2.05) is 7.05 Å². The van der Waals surface area contributed by atoms with Gasteiger partial charge in [0.2, 0.25) is 0 Å². The van der Waals surface area contributed by atoms with Crippen LogP contribution in [0.4, 0.5) is 0 Å². The average molecular weight is 194 g/mol. The van der Waals surface area contributed by atoms with Gasteiger partial charge in [-0.2, -0.15) is 12.6 Å². The molecule has 68 valence electrons. The molecule has 0 spiro atoms. The topological polar surface area (TPSA) is 24.1 Å². The Morgan fingerprint density at radius 3 is 2.64 bits per heavy atom. The van der Waals surface area contributed by atoms with E-state index in [1.54, 1.807) is 11.9 Å². The summed E-state index contributed by atoms with van der Waals surface area (Å²) >= 11 is 6.18. The molecule has 0 aromatic carbocycles. The fourth-order valence-corrected chi connectivity index (χ4v) is 1.80. The van der Waals surface area contributed by atoms with Gasteiger partial charge in [-0.3, -0.25) is 5.43 Å². The van der Waals surface area contributed by atoms with Crippen molar-refractivity contribution in [1.82, 2.24) is 10.3 Å². The van der Waals surface area contributed by atoms with E-state index in [9.17, 15) is 0 Å². The van der Waals surface area contributed by atoms with Crippen LogP contribution in [-0.4, -0.2) is 17.5 Å². The van der Waals surface area contributed by atoms with E-state index >= 15 is 0 Å². The normalized spacial score (nSPS) is 16.4. The SMILES string of the molecule is CCCC(S)C(C)SNNC. The monoisotopic (exact) mass is 194 g/mol. The first-order valence-corrected chi connectivity index (χ1v) is 5.37. The van der Waals surface area contributed by atoms with Crippen molar-refractivity contribution < 1.29 is 0 Å². The number of hydrogen-bond acceptors (Lipinski definition) is 4. The Kier molecular flexibility index (Phi) is 7.69. The molecule has 0 saturated carbocycles. The maximum atomic E-state index is 4.49. The van der Waals surface area contributed by atoms with Gasteiger partial charge < -0.3 is 0 Å². The molecule has 0 fully saturated rings. The molecule has 0 aliphatic carbocycles. The lowest BCUT2D eigenvalue weighted by Crippen LogP contribution is -2.26. The highest BCUT2D eigenvalue weighted by molar-refractivity contribution is 7.98. The van der Waals surface area contributed by atoms with Crippen LogP contribution in [0.25, 0.3) is 0 Å². The quantitative estimate of drug-likeness (QED) is 0.342. The van der Waals surface area contributed by atoms with Crippen molar-refractivity contribution in [3.63, 3.8) is 0 Å². The van der Waals surface area contributed by atoms with Crippen molar-refractivity contribution >= 4 is 24.6 Å². The maximum absolute atomic E-state index is 4.49. The molecule has 0 rings (SSSR count). The summed E-state index contributed by atoms with van der Waals surface area (Å²) in [6.07, 6.45) is 2.39. The molecule has 0 aliphatic rings. The zero-order chi connectivity index (χ0) is 8.69. The third kappa shape index (κ3) is 5.84. The summed E-state index contributed by atoms with van der Waals surface area (Å²) in [4.78, 5) is 3.01. The minimum atomic E-state index is 0.492. The standard InChI is InChI=1S/C7H18N2S2/c1-4-5-7(10)6(2)11-9-8-3/h6-10H,4-5H2,1-3H3. The lowest BCUT2D eigenvalue weighted by atomic mass is 10.2. The summed E-state index contributed by atoms with van der Waals surface area (Å²) in [5.74, 6) is 0. The lowest BCUT2D eigenvalue weighted by Gasteiger charge is -2.17. The van der Waals surface area contributed by atoms with Crippen LogP contribution in [0.1, 0.15) is 26.7 Å². The molecule has 4 heteroatoms. The summed E-state index contributed by atoms with van der Waals surface area (Å²) in [6.45, 7) is 4.37. The smallest absolute Gasteiger partial charge is 0.0293 e. The lowest BCUT2D eigenvalue weighted by molar-refractivity contribution is 0.724. The molecule has 0 aliphatic heterocycles. The molecule has 2 unspecified atom stereocenters. The van der Waals surface area contributed by atoms with Crippen molar-refractivity contribution in [3.05, 3.63) is 0 Å². The Hall–Kier alpha value is 0.620. The summed E-state index contributed by atoms with van der Waals surface area (Å²) in [5.41, 5.74) is 2.87. The fourth-order valence-electron chi connectivity index (χ4n) is 0.761. The molecule has 2 atom stereocenters.